The van der Waals surface area contributed by atoms with Crippen molar-refractivity contribution in [3.8, 4) is 23.0 Å². The van der Waals surface area contributed by atoms with Gasteiger partial charge in [-0.3, -0.25) is 9.78 Å². The summed E-state index contributed by atoms with van der Waals surface area (Å²) in [4.78, 5) is 17.0. The molecule has 1 heterocycles. The molecule has 0 radical (unpaired) electrons. The van der Waals surface area contributed by atoms with Crippen molar-refractivity contribution in [1.82, 2.24) is 4.98 Å². The first-order valence-electron chi connectivity index (χ1n) is 9.66. The van der Waals surface area contributed by atoms with Crippen molar-refractivity contribution in [3.63, 3.8) is 0 Å². The Morgan fingerprint density at radius 2 is 1.71 bits per heavy atom. The SMILES string of the molecule is COc1ccc(C(=O)Cc2c(Cl)cncc2Cl)c(OCc2cccc(OC(F)(F)F)c2)c1OC. The van der Waals surface area contributed by atoms with Crippen molar-refractivity contribution in [2.24, 2.45) is 0 Å². The number of carbonyl (C=O) groups excluding carboxylic acids is 1. The maximum absolute atomic E-state index is 13.2. The normalized spacial score (nSPS) is 11.1. The summed E-state index contributed by atoms with van der Waals surface area (Å²) in [7, 11) is 2.78. The number of nitrogens with zero attached hydrogens (tertiary/aromatic N) is 1. The number of hydrogen-bond acceptors (Lipinski definition) is 6. The molecular formula is C23H18Cl2F3NO5. The van der Waals surface area contributed by atoms with Crippen molar-refractivity contribution >= 4 is 29.0 Å². The third kappa shape index (κ3) is 6.24. The minimum absolute atomic E-state index is 0.0512. The Morgan fingerprint density at radius 3 is 2.32 bits per heavy atom. The lowest BCUT2D eigenvalue weighted by atomic mass is 10.0. The van der Waals surface area contributed by atoms with Crippen LogP contribution in [0.2, 0.25) is 10.0 Å². The van der Waals surface area contributed by atoms with E-state index in [1.54, 1.807) is 6.07 Å². The van der Waals surface area contributed by atoms with Gasteiger partial charge in [0, 0.05) is 24.4 Å². The van der Waals surface area contributed by atoms with E-state index >= 15 is 0 Å². The fraction of sp³-hybridized carbons (Fsp3) is 0.217. The molecule has 0 N–H and O–H groups in total. The van der Waals surface area contributed by atoms with Crippen LogP contribution in [0, 0.1) is 0 Å². The van der Waals surface area contributed by atoms with Crippen LogP contribution < -0.4 is 18.9 Å². The molecule has 0 aliphatic rings. The van der Waals surface area contributed by atoms with Gasteiger partial charge in [0.05, 0.1) is 29.8 Å². The summed E-state index contributed by atoms with van der Waals surface area (Å²) in [6, 6.07) is 8.31. The molecule has 0 bridgehead atoms. The summed E-state index contributed by atoms with van der Waals surface area (Å²) in [5.41, 5.74) is 0.899. The van der Waals surface area contributed by atoms with E-state index in [4.69, 9.17) is 37.4 Å². The molecule has 1 aromatic heterocycles. The van der Waals surface area contributed by atoms with Crippen LogP contribution in [-0.2, 0) is 13.0 Å². The monoisotopic (exact) mass is 515 g/mol. The number of Topliss-reactive ketones (excluding diaryl/α,β-unsaturated/α-hetero) is 1. The van der Waals surface area contributed by atoms with Crippen molar-refractivity contribution in [2.45, 2.75) is 19.4 Å². The van der Waals surface area contributed by atoms with Crippen LogP contribution in [-0.4, -0.2) is 31.3 Å². The summed E-state index contributed by atoms with van der Waals surface area (Å²) in [5, 5.41) is 0.454. The topological polar surface area (TPSA) is 66.9 Å². The Kier molecular flexibility index (Phi) is 8.11. The van der Waals surface area contributed by atoms with Gasteiger partial charge in [0.15, 0.2) is 17.3 Å². The molecule has 0 unspecified atom stereocenters. The number of alkyl halides is 3. The van der Waals surface area contributed by atoms with Gasteiger partial charge in [-0.05, 0) is 29.8 Å². The molecule has 0 saturated heterocycles. The van der Waals surface area contributed by atoms with Gasteiger partial charge < -0.3 is 18.9 Å². The zero-order valence-electron chi connectivity index (χ0n) is 17.9. The first kappa shape index (κ1) is 25.5. The van der Waals surface area contributed by atoms with Gasteiger partial charge in [0.2, 0.25) is 5.75 Å². The molecule has 0 saturated carbocycles. The average Bonchev–Trinajstić information content (AvgIpc) is 2.78. The summed E-state index contributed by atoms with van der Waals surface area (Å²) in [6.45, 7) is -0.185. The van der Waals surface area contributed by atoms with E-state index in [0.29, 0.717) is 16.9 Å². The van der Waals surface area contributed by atoms with Crippen LogP contribution in [0.25, 0.3) is 0 Å². The number of benzene rings is 2. The molecule has 0 aliphatic heterocycles. The lowest BCUT2D eigenvalue weighted by Gasteiger charge is -2.18. The van der Waals surface area contributed by atoms with E-state index < -0.39 is 12.1 Å². The average molecular weight is 516 g/mol. The van der Waals surface area contributed by atoms with E-state index in [-0.39, 0.29) is 45.9 Å². The van der Waals surface area contributed by atoms with Crippen LogP contribution in [0.1, 0.15) is 21.5 Å². The number of rotatable bonds is 9. The highest BCUT2D eigenvalue weighted by atomic mass is 35.5. The minimum Gasteiger partial charge on any atom is -0.493 e. The van der Waals surface area contributed by atoms with E-state index in [9.17, 15) is 18.0 Å². The van der Waals surface area contributed by atoms with Crippen molar-refractivity contribution in [3.05, 3.63) is 75.5 Å². The van der Waals surface area contributed by atoms with Gasteiger partial charge in [-0.25, -0.2) is 0 Å². The van der Waals surface area contributed by atoms with E-state index in [2.05, 4.69) is 9.72 Å². The fourth-order valence-corrected chi connectivity index (χ4v) is 3.61. The largest absolute Gasteiger partial charge is 0.573 e. The molecule has 0 spiro atoms. The second kappa shape index (κ2) is 10.8. The maximum atomic E-state index is 13.2. The first-order valence-corrected chi connectivity index (χ1v) is 10.4. The van der Waals surface area contributed by atoms with E-state index in [0.717, 1.165) is 0 Å². The molecule has 3 rings (SSSR count). The Morgan fingerprint density at radius 1 is 1.00 bits per heavy atom. The van der Waals surface area contributed by atoms with Crippen LogP contribution in [0.5, 0.6) is 23.0 Å². The third-order valence-corrected chi connectivity index (χ3v) is 5.26. The number of methoxy groups -OCH3 is 2. The number of halogens is 5. The number of carbonyl (C=O) groups is 1. The number of ketones is 1. The summed E-state index contributed by atoms with van der Waals surface area (Å²) in [6.07, 6.45) is -2.23. The highest BCUT2D eigenvalue weighted by Gasteiger charge is 2.31. The lowest BCUT2D eigenvalue weighted by molar-refractivity contribution is -0.274. The maximum Gasteiger partial charge on any atom is 0.573 e. The molecule has 6 nitrogen and oxygen atoms in total. The molecule has 11 heteroatoms. The fourth-order valence-electron chi connectivity index (χ4n) is 3.11. The van der Waals surface area contributed by atoms with Crippen LogP contribution >= 0.6 is 23.2 Å². The van der Waals surface area contributed by atoms with Crippen LogP contribution in [0.15, 0.2) is 48.8 Å². The highest BCUT2D eigenvalue weighted by molar-refractivity contribution is 6.36. The van der Waals surface area contributed by atoms with Gasteiger partial charge in [0.1, 0.15) is 12.4 Å². The van der Waals surface area contributed by atoms with Crippen molar-refractivity contribution in [1.29, 1.82) is 0 Å². The Bertz CT molecular complexity index is 1170. The highest BCUT2D eigenvalue weighted by Crippen LogP contribution is 2.41. The quantitative estimate of drug-likeness (QED) is 0.311. The number of ether oxygens (including phenoxy) is 4. The molecule has 3 aromatic rings. The zero-order chi connectivity index (χ0) is 24.9. The second-order valence-corrected chi connectivity index (χ2v) is 7.66. The van der Waals surface area contributed by atoms with E-state index in [1.165, 1.54) is 56.9 Å². The van der Waals surface area contributed by atoms with Gasteiger partial charge in [-0.1, -0.05) is 35.3 Å². The predicted molar refractivity (Wildman–Crippen MR) is 119 cm³/mol. The number of hydrogen-bond donors (Lipinski definition) is 0. The molecule has 0 amide bonds. The second-order valence-electron chi connectivity index (χ2n) is 6.84. The van der Waals surface area contributed by atoms with Gasteiger partial charge in [-0.15, -0.1) is 13.2 Å². The molecule has 2 aromatic carbocycles. The number of pyridine rings is 1. The molecule has 0 aliphatic carbocycles. The van der Waals surface area contributed by atoms with Gasteiger partial charge >= 0.3 is 6.36 Å². The molecule has 34 heavy (non-hydrogen) atoms. The van der Waals surface area contributed by atoms with Gasteiger partial charge in [-0.2, -0.15) is 0 Å². The number of aromatic nitrogens is 1. The standard InChI is InChI=1S/C23H18Cl2F3NO5/c1-31-20-7-6-15(19(30)9-16-17(24)10-29-11-18(16)25)21(22(20)32-2)33-12-13-4-3-5-14(8-13)34-23(26,27)28/h3-8,10-11H,9,12H2,1-2H3. The lowest BCUT2D eigenvalue weighted by Crippen LogP contribution is -2.17. The summed E-state index contributed by atoms with van der Waals surface area (Å²) in [5.74, 6) is -0.300. The summed E-state index contributed by atoms with van der Waals surface area (Å²) >= 11 is 12.3. The van der Waals surface area contributed by atoms with Crippen molar-refractivity contribution in [2.75, 3.05) is 14.2 Å². The predicted octanol–water partition coefficient (Wildman–Crippen LogP) is 6.31. The summed E-state index contributed by atoms with van der Waals surface area (Å²) < 4.78 is 58.1. The smallest absolute Gasteiger partial charge is 0.493 e. The van der Waals surface area contributed by atoms with Crippen LogP contribution in [0.3, 0.4) is 0 Å². The Labute approximate surface area is 203 Å². The zero-order valence-corrected chi connectivity index (χ0v) is 19.4. The molecule has 180 valence electrons. The Hall–Kier alpha value is -3.17. The third-order valence-electron chi connectivity index (χ3n) is 4.61. The van der Waals surface area contributed by atoms with Crippen LogP contribution in [0.4, 0.5) is 13.2 Å². The van der Waals surface area contributed by atoms with E-state index in [1.807, 2.05) is 0 Å². The van der Waals surface area contributed by atoms with Gasteiger partial charge in [0.25, 0.3) is 0 Å². The first-order chi connectivity index (χ1) is 16.1. The van der Waals surface area contributed by atoms with Crippen molar-refractivity contribution < 1.29 is 36.9 Å². The molecular weight excluding hydrogens is 498 g/mol. The molecule has 0 fully saturated rings. The Balaban J connectivity index is 1.93. The molecule has 0 atom stereocenters. The minimum atomic E-state index is -4.83.